The maximum atomic E-state index is 13.3. The molecule has 0 radical (unpaired) electrons. The Labute approximate surface area is 193 Å². The Morgan fingerprint density at radius 2 is 2.00 bits per heavy atom. The molecule has 4 rings (SSSR count). The molecular weight excluding hydrogens is 420 g/mol. The summed E-state index contributed by atoms with van der Waals surface area (Å²) in [5, 5.41) is 0.749. The summed E-state index contributed by atoms with van der Waals surface area (Å²) in [4.78, 5) is 29.0. The van der Waals surface area contributed by atoms with Gasteiger partial charge in [0.15, 0.2) is 11.3 Å². The standard InChI is InChI=1S/C25H28N4O2S/c1-18-15-27-25(32-17-21-12-6-7-13-26-21)28-22(18)20-11-8-14-29(16-20)24(30)23(31-2)19-9-4-3-5-10-19/h3-7,9-10,12-13,15,20,23H,8,11,14,16-17H2,1-2H3/t20-,23-/m1/s1. The fourth-order valence-corrected chi connectivity index (χ4v) is 4.85. The number of carbonyl (C=O) groups excluding carboxylic acids is 1. The van der Waals surface area contributed by atoms with Gasteiger partial charge in [0.1, 0.15) is 0 Å². The summed E-state index contributed by atoms with van der Waals surface area (Å²) in [7, 11) is 1.59. The molecule has 1 amide bonds. The number of nitrogens with zero attached hydrogens (tertiary/aromatic N) is 4. The predicted molar refractivity (Wildman–Crippen MR) is 125 cm³/mol. The van der Waals surface area contributed by atoms with E-state index in [0.717, 1.165) is 52.8 Å². The zero-order chi connectivity index (χ0) is 22.3. The fraction of sp³-hybridized carbons (Fsp3) is 0.360. The molecule has 0 unspecified atom stereocenters. The number of aryl methyl sites for hydroxylation is 1. The van der Waals surface area contributed by atoms with Gasteiger partial charge in [-0.05, 0) is 43.0 Å². The average Bonchev–Trinajstić information content (AvgIpc) is 2.85. The lowest BCUT2D eigenvalue weighted by Crippen LogP contribution is -2.42. The molecule has 1 saturated heterocycles. The SMILES string of the molecule is CO[C@@H](C(=O)N1CCC[C@@H](c2nc(SCc3ccccn3)ncc2C)C1)c1ccccc1. The molecule has 1 fully saturated rings. The number of ether oxygens (including phenoxy) is 1. The van der Waals surface area contributed by atoms with Gasteiger partial charge in [0, 0.05) is 44.3 Å². The van der Waals surface area contributed by atoms with Crippen LogP contribution in [0.15, 0.2) is 66.1 Å². The number of hydrogen-bond acceptors (Lipinski definition) is 6. The van der Waals surface area contributed by atoms with Crippen LogP contribution < -0.4 is 0 Å². The van der Waals surface area contributed by atoms with Crippen molar-refractivity contribution in [1.29, 1.82) is 0 Å². The van der Waals surface area contributed by atoms with Crippen molar-refractivity contribution in [2.45, 2.75) is 42.7 Å². The Kier molecular flexibility index (Phi) is 7.50. The number of thioether (sulfide) groups is 1. The summed E-state index contributed by atoms with van der Waals surface area (Å²) in [6, 6.07) is 15.6. The van der Waals surface area contributed by atoms with Crippen LogP contribution in [0.2, 0.25) is 0 Å². The molecule has 3 aromatic rings. The van der Waals surface area contributed by atoms with Crippen LogP contribution >= 0.6 is 11.8 Å². The van der Waals surface area contributed by atoms with Crippen LogP contribution in [0.25, 0.3) is 0 Å². The first-order chi connectivity index (χ1) is 15.7. The third-order valence-corrected chi connectivity index (χ3v) is 6.64. The molecule has 3 heterocycles. The molecule has 1 aromatic carbocycles. The van der Waals surface area contributed by atoms with Crippen LogP contribution in [0.5, 0.6) is 0 Å². The minimum Gasteiger partial charge on any atom is -0.367 e. The quantitative estimate of drug-likeness (QED) is 0.390. The topological polar surface area (TPSA) is 68.2 Å². The number of methoxy groups -OCH3 is 1. The van der Waals surface area contributed by atoms with Crippen LogP contribution in [0.4, 0.5) is 0 Å². The molecule has 1 aliphatic rings. The monoisotopic (exact) mass is 448 g/mol. The Bertz CT molecular complexity index is 1030. The molecular formula is C25H28N4O2S. The largest absolute Gasteiger partial charge is 0.367 e. The molecule has 0 bridgehead atoms. The summed E-state index contributed by atoms with van der Waals surface area (Å²) in [5.41, 5.74) is 3.99. The summed E-state index contributed by atoms with van der Waals surface area (Å²) in [6.45, 7) is 3.44. The van der Waals surface area contributed by atoms with Gasteiger partial charge in [0.05, 0.1) is 11.4 Å². The minimum atomic E-state index is -0.578. The third kappa shape index (κ3) is 5.34. The highest BCUT2D eigenvalue weighted by atomic mass is 32.2. The lowest BCUT2D eigenvalue weighted by atomic mass is 9.92. The van der Waals surface area contributed by atoms with Crippen molar-refractivity contribution >= 4 is 17.7 Å². The lowest BCUT2D eigenvalue weighted by Gasteiger charge is -2.35. The lowest BCUT2D eigenvalue weighted by molar-refractivity contribution is -0.143. The predicted octanol–water partition coefficient (Wildman–Crippen LogP) is 4.57. The molecule has 32 heavy (non-hydrogen) atoms. The van der Waals surface area contributed by atoms with Crippen molar-refractivity contribution in [3.8, 4) is 0 Å². The number of carbonyl (C=O) groups is 1. The Hall–Kier alpha value is -2.77. The van der Waals surface area contributed by atoms with Gasteiger partial charge in [-0.2, -0.15) is 0 Å². The van der Waals surface area contributed by atoms with Gasteiger partial charge in [-0.1, -0.05) is 48.2 Å². The number of amides is 1. The van der Waals surface area contributed by atoms with E-state index in [0.29, 0.717) is 6.54 Å². The molecule has 2 atom stereocenters. The van der Waals surface area contributed by atoms with Crippen molar-refractivity contribution in [1.82, 2.24) is 19.9 Å². The normalized spacial score (nSPS) is 17.2. The Morgan fingerprint density at radius 3 is 2.75 bits per heavy atom. The molecule has 166 valence electrons. The molecule has 0 N–H and O–H groups in total. The van der Waals surface area contributed by atoms with Gasteiger partial charge in [0.25, 0.3) is 5.91 Å². The minimum absolute atomic E-state index is 0.0138. The van der Waals surface area contributed by atoms with Crippen molar-refractivity contribution in [2.75, 3.05) is 20.2 Å². The van der Waals surface area contributed by atoms with Gasteiger partial charge < -0.3 is 9.64 Å². The first kappa shape index (κ1) is 22.4. The maximum Gasteiger partial charge on any atom is 0.256 e. The molecule has 0 saturated carbocycles. The van der Waals surface area contributed by atoms with E-state index in [2.05, 4.69) is 9.97 Å². The molecule has 1 aliphatic heterocycles. The van der Waals surface area contributed by atoms with Gasteiger partial charge >= 0.3 is 0 Å². The van der Waals surface area contributed by atoms with Crippen molar-refractivity contribution in [2.24, 2.45) is 0 Å². The number of aromatic nitrogens is 3. The van der Waals surface area contributed by atoms with E-state index in [1.165, 1.54) is 0 Å². The molecule has 0 aliphatic carbocycles. The van der Waals surface area contributed by atoms with Crippen LogP contribution in [0, 0.1) is 6.92 Å². The van der Waals surface area contributed by atoms with E-state index in [1.54, 1.807) is 25.1 Å². The first-order valence-corrected chi connectivity index (χ1v) is 11.9. The second kappa shape index (κ2) is 10.7. The molecule has 7 heteroatoms. The summed E-state index contributed by atoms with van der Waals surface area (Å²) in [5.74, 6) is 0.934. The van der Waals surface area contributed by atoms with Crippen LogP contribution in [-0.2, 0) is 15.3 Å². The van der Waals surface area contributed by atoms with Crippen molar-refractivity contribution in [3.63, 3.8) is 0 Å². The van der Waals surface area contributed by atoms with Gasteiger partial charge in [-0.15, -0.1) is 0 Å². The smallest absolute Gasteiger partial charge is 0.256 e. The summed E-state index contributed by atoms with van der Waals surface area (Å²) in [6.07, 6.45) is 5.07. The number of hydrogen-bond donors (Lipinski definition) is 0. The highest BCUT2D eigenvalue weighted by Crippen LogP contribution is 2.31. The zero-order valence-electron chi connectivity index (χ0n) is 18.5. The van der Waals surface area contributed by atoms with E-state index < -0.39 is 6.10 Å². The third-order valence-electron chi connectivity index (χ3n) is 5.75. The van der Waals surface area contributed by atoms with E-state index in [1.807, 2.05) is 66.6 Å². The first-order valence-electron chi connectivity index (χ1n) is 10.9. The highest BCUT2D eigenvalue weighted by molar-refractivity contribution is 7.98. The van der Waals surface area contributed by atoms with Crippen molar-refractivity contribution in [3.05, 3.63) is 83.4 Å². The van der Waals surface area contributed by atoms with E-state index >= 15 is 0 Å². The molecule has 6 nitrogen and oxygen atoms in total. The number of piperidine rings is 1. The number of rotatable bonds is 7. The van der Waals surface area contributed by atoms with E-state index in [4.69, 9.17) is 9.72 Å². The molecule has 2 aromatic heterocycles. The van der Waals surface area contributed by atoms with Gasteiger partial charge in [-0.25, -0.2) is 9.97 Å². The number of benzene rings is 1. The van der Waals surface area contributed by atoms with E-state index in [-0.39, 0.29) is 11.8 Å². The Balaban J connectivity index is 1.47. The average molecular weight is 449 g/mol. The van der Waals surface area contributed by atoms with Crippen LogP contribution in [0.3, 0.4) is 0 Å². The van der Waals surface area contributed by atoms with Gasteiger partial charge in [-0.3, -0.25) is 9.78 Å². The maximum absolute atomic E-state index is 13.3. The Morgan fingerprint density at radius 1 is 1.19 bits per heavy atom. The number of pyridine rings is 1. The van der Waals surface area contributed by atoms with Crippen molar-refractivity contribution < 1.29 is 9.53 Å². The zero-order valence-corrected chi connectivity index (χ0v) is 19.3. The van der Waals surface area contributed by atoms with E-state index in [9.17, 15) is 4.79 Å². The van der Waals surface area contributed by atoms with Gasteiger partial charge in [0.2, 0.25) is 0 Å². The van der Waals surface area contributed by atoms with Crippen LogP contribution in [0.1, 0.15) is 47.4 Å². The number of likely N-dealkylation sites (tertiary alicyclic amines) is 1. The molecule has 0 spiro atoms. The second-order valence-electron chi connectivity index (χ2n) is 7.98. The second-order valence-corrected chi connectivity index (χ2v) is 8.92. The summed E-state index contributed by atoms with van der Waals surface area (Å²) >= 11 is 1.59. The highest BCUT2D eigenvalue weighted by Gasteiger charge is 2.31. The van der Waals surface area contributed by atoms with Crippen LogP contribution in [-0.4, -0.2) is 46.0 Å². The fourth-order valence-electron chi connectivity index (χ4n) is 4.12. The summed E-state index contributed by atoms with van der Waals surface area (Å²) < 4.78 is 5.58.